The van der Waals surface area contributed by atoms with Gasteiger partial charge in [0.15, 0.2) is 11.1 Å². The summed E-state index contributed by atoms with van der Waals surface area (Å²) in [6, 6.07) is 7.67. The number of aliphatic imine (C=N–C) groups is 1. The highest BCUT2D eigenvalue weighted by atomic mass is 35.5. The average molecular weight is 382 g/mol. The molecule has 0 amide bonds. The molecule has 2 N–H and O–H groups in total. The van der Waals surface area contributed by atoms with Gasteiger partial charge in [-0.25, -0.2) is 4.98 Å². The van der Waals surface area contributed by atoms with Crippen LogP contribution in [0.2, 0.25) is 5.02 Å². The van der Waals surface area contributed by atoms with E-state index in [2.05, 4.69) is 20.6 Å². The zero-order chi connectivity index (χ0) is 18.2. The molecule has 1 heterocycles. The van der Waals surface area contributed by atoms with Crippen LogP contribution in [0.1, 0.15) is 17.4 Å². The molecule has 0 aliphatic rings. The van der Waals surface area contributed by atoms with Gasteiger partial charge < -0.3 is 20.3 Å². The molecule has 0 spiro atoms. The summed E-state index contributed by atoms with van der Waals surface area (Å²) in [6.45, 7) is 1.19. The number of aromatic nitrogens is 1. The number of halogens is 1. The maximum Gasteiger partial charge on any atom is 0.191 e. The third-order valence-electron chi connectivity index (χ3n) is 3.54. The highest BCUT2D eigenvalue weighted by Crippen LogP contribution is 2.20. The molecule has 1 aromatic heterocycles. The Morgan fingerprint density at radius 3 is 2.80 bits per heavy atom. The zero-order valence-electron chi connectivity index (χ0n) is 14.9. The number of methoxy groups -OCH3 is 1. The zero-order valence-corrected chi connectivity index (χ0v) is 16.5. The summed E-state index contributed by atoms with van der Waals surface area (Å²) in [4.78, 5) is 10.8. The highest BCUT2D eigenvalue weighted by molar-refractivity contribution is 7.13. The first kappa shape index (κ1) is 19.5. The van der Waals surface area contributed by atoms with Crippen LogP contribution >= 0.6 is 22.9 Å². The third-order valence-corrected chi connectivity index (χ3v) is 4.83. The van der Waals surface area contributed by atoms with Crippen LogP contribution in [0.15, 0.2) is 34.6 Å². The van der Waals surface area contributed by atoms with Gasteiger partial charge in [0.2, 0.25) is 0 Å². The molecule has 136 valence electrons. The summed E-state index contributed by atoms with van der Waals surface area (Å²) in [5, 5.41) is 10.3. The number of rotatable bonds is 7. The second-order valence-corrected chi connectivity index (χ2v) is 6.87. The summed E-state index contributed by atoms with van der Waals surface area (Å²) in [5.41, 5.74) is 2.00. The molecular formula is C17H24ClN5OS. The van der Waals surface area contributed by atoms with Gasteiger partial charge in [0, 0.05) is 45.2 Å². The Bertz CT molecular complexity index is 704. The van der Waals surface area contributed by atoms with Crippen molar-refractivity contribution < 1.29 is 4.74 Å². The van der Waals surface area contributed by atoms with Crippen LogP contribution in [0.3, 0.4) is 0 Å². The number of ether oxygens (including phenoxy) is 1. The van der Waals surface area contributed by atoms with E-state index < -0.39 is 0 Å². The Kier molecular flexibility index (Phi) is 7.49. The largest absolute Gasteiger partial charge is 0.375 e. The molecule has 6 nitrogen and oxygen atoms in total. The Morgan fingerprint density at radius 2 is 2.20 bits per heavy atom. The quantitative estimate of drug-likeness (QED) is 0.570. The van der Waals surface area contributed by atoms with E-state index in [1.807, 2.05) is 48.6 Å². The van der Waals surface area contributed by atoms with Crippen LogP contribution in [0.25, 0.3) is 0 Å². The van der Waals surface area contributed by atoms with E-state index >= 15 is 0 Å². The van der Waals surface area contributed by atoms with Gasteiger partial charge in [-0.3, -0.25) is 4.99 Å². The number of benzene rings is 1. The van der Waals surface area contributed by atoms with Gasteiger partial charge in [0.25, 0.3) is 0 Å². The lowest BCUT2D eigenvalue weighted by atomic mass is 10.1. The Morgan fingerprint density at radius 1 is 1.40 bits per heavy atom. The molecule has 0 aliphatic carbocycles. The first-order valence-electron chi connectivity index (χ1n) is 7.88. The molecule has 2 aromatic rings. The van der Waals surface area contributed by atoms with Gasteiger partial charge in [-0.1, -0.05) is 23.7 Å². The molecule has 2 rings (SSSR count). The highest BCUT2D eigenvalue weighted by Gasteiger charge is 2.12. The normalized spacial score (nSPS) is 12.8. The molecule has 1 unspecified atom stereocenters. The molecule has 25 heavy (non-hydrogen) atoms. The standard InChI is InChI=1S/C17H24ClN5OS/c1-19-16(20-9-14-11-25-17(22-14)23(2)3)21-10-15(24-4)12-6-5-7-13(18)8-12/h5-8,11,15H,9-10H2,1-4H3,(H2,19,20,21). The fourth-order valence-corrected chi connectivity index (χ4v) is 3.17. The molecule has 0 saturated heterocycles. The van der Waals surface area contributed by atoms with Crippen molar-refractivity contribution in [3.8, 4) is 0 Å². The second-order valence-electron chi connectivity index (χ2n) is 5.60. The van der Waals surface area contributed by atoms with Gasteiger partial charge in [-0.05, 0) is 17.7 Å². The second kappa shape index (κ2) is 9.60. The molecule has 8 heteroatoms. The predicted molar refractivity (Wildman–Crippen MR) is 106 cm³/mol. The van der Waals surface area contributed by atoms with Crippen molar-refractivity contribution in [3.63, 3.8) is 0 Å². The van der Waals surface area contributed by atoms with Gasteiger partial charge in [-0.15, -0.1) is 11.3 Å². The number of guanidine groups is 1. The number of nitrogens with one attached hydrogen (secondary N) is 2. The molecule has 0 bridgehead atoms. The minimum atomic E-state index is -0.114. The van der Waals surface area contributed by atoms with Crippen molar-refractivity contribution in [3.05, 3.63) is 45.9 Å². The first-order chi connectivity index (χ1) is 12.0. The van der Waals surface area contributed by atoms with Crippen LogP contribution < -0.4 is 15.5 Å². The van der Waals surface area contributed by atoms with E-state index in [1.165, 1.54) is 0 Å². The van der Waals surface area contributed by atoms with Crippen molar-refractivity contribution >= 4 is 34.0 Å². The van der Waals surface area contributed by atoms with Gasteiger partial charge in [0.05, 0.1) is 18.3 Å². The molecule has 0 saturated carbocycles. The molecule has 0 radical (unpaired) electrons. The summed E-state index contributed by atoms with van der Waals surface area (Å²) in [7, 11) is 7.39. The van der Waals surface area contributed by atoms with E-state index in [0.29, 0.717) is 24.1 Å². The van der Waals surface area contributed by atoms with E-state index in [9.17, 15) is 0 Å². The molecular weight excluding hydrogens is 358 g/mol. The molecule has 1 aromatic carbocycles. The minimum Gasteiger partial charge on any atom is -0.375 e. The van der Waals surface area contributed by atoms with E-state index in [1.54, 1.807) is 25.5 Å². The monoisotopic (exact) mass is 381 g/mol. The van der Waals surface area contributed by atoms with E-state index in [0.717, 1.165) is 16.4 Å². The van der Waals surface area contributed by atoms with Crippen molar-refractivity contribution in [2.75, 3.05) is 39.7 Å². The third kappa shape index (κ3) is 5.88. The van der Waals surface area contributed by atoms with Crippen LogP contribution in [-0.2, 0) is 11.3 Å². The van der Waals surface area contributed by atoms with Crippen LogP contribution in [-0.4, -0.2) is 45.7 Å². The summed E-state index contributed by atoms with van der Waals surface area (Å²) < 4.78 is 5.56. The minimum absolute atomic E-state index is 0.114. The lowest BCUT2D eigenvalue weighted by molar-refractivity contribution is 0.106. The smallest absolute Gasteiger partial charge is 0.191 e. The topological polar surface area (TPSA) is 61.8 Å². The summed E-state index contributed by atoms with van der Waals surface area (Å²) >= 11 is 7.68. The number of thiazole rings is 1. The molecule has 1 atom stereocenters. The Balaban J connectivity index is 1.88. The number of anilines is 1. The average Bonchev–Trinajstić information content (AvgIpc) is 3.07. The van der Waals surface area contributed by atoms with Crippen molar-refractivity contribution in [1.82, 2.24) is 15.6 Å². The lowest BCUT2D eigenvalue weighted by Crippen LogP contribution is -2.39. The lowest BCUT2D eigenvalue weighted by Gasteiger charge is -2.18. The summed E-state index contributed by atoms with van der Waals surface area (Å²) in [5.74, 6) is 0.698. The maximum absolute atomic E-state index is 6.06. The van der Waals surface area contributed by atoms with Crippen molar-refractivity contribution in [1.29, 1.82) is 0 Å². The molecule has 0 fully saturated rings. The van der Waals surface area contributed by atoms with Crippen molar-refractivity contribution in [2.45, 2.75) is 12.6 Å². The van der Waals surface area contributed by atoms with E-state index in [-0.39, 0.29) is 6.10 Å². The fourth-order valence-electron chi connectivity index (χ4n) is 2.21. The van der Waals surface area contributed by atoms with Gasteiger partial charge in [-0.2, -0.15) is 0 Å². The predicted octanol–water partition coefficient (Wildman–Crippen LogP) is 2.92. The fraction of sp³-hybridized carbons (Fsp3) is 0.412. The number of hydrogen-bond acceptors (Lipinski definition) is 5. The number of hydrogen-bond donors (Lipinski definition) is 2. The van der Waals surface area contributed by atoms with Crippen LogP contribution in [0.5, 0.6) is 0 Å². The van der Waals surface area contributed by atoms with E-state index in [4.69, 9.17) is 16.3 Å². The Labute approximate surface area is 157 Å². The van der Waals surface area contributed by atoms with Crippen molar-refractivity contribution in [2.24, 2.45) is 4.99 Å². The Hall–Kier alpha value is -1.83. The van der Waals surface area contributed by atoms with Gasteiger partial charge >= 0.3 is 0 Å². The van der Waals surface area contributed by atoms with Gasteiger partial charge in [0.1, 0.15) is 0 Å². The SMILES string of the molecule is CN=C(NCc1csc(N(C)C)n1)NCC(OC)c1cccc(Cl)c1. The maximum atomic E-state index is 6.06. The van der Waals surface area contributed by atoms with Crippen LogP contribution in [0, 0.1) is 0 Å². The van der Waals surface area contributed by atoms with Crippen LogP contribution in [0.4, 0.5) is 5.13 Å². The summed E-state index contributed by atoms with van der Waals surface area (Å²) in [6.07, 6.45) is -0.114. The number of nitrogens with zero attached hydrogens (tertiary/aromatic N) is 3. The first-order valence-corrected chi connectivity index (χ1v) is 9.13. The molecule has 0 aliphatic heterocycles.